The third-order valence-corrected chi connectivity index (χ3v) is 5.06. The molecule has 2 fully saturated rings. The van der Waals surface area contributed by atoms with E-state index >= 15 is 0 Å². The molecular weight excluding hydrogens is 404 g/mol. The summed E-state index contributed by atoms with van der Waals surface area (Å²) in [6.07, 6.45) is -1.06. The molecule has 142 valence electrons. The molecule has 0 aliphatic carbocycles. The molecule has 0 bridgehead atoms. The van der Waals surface area contributed by atoms with Gasteiger partial charge in [0.1, 0.15) is 12.3 Å². The van der Waals surface area contributed by atoms with Crippen molar-refractivity contribution in [2.24, 2.45) is 0 Å². The molecule has 2 aromatic rings. The average molecular weight is 416 g/mol. The maximum absolute atomic E-state index is 11.1. The van der Waals surface area contributed by atoms with Crippen LogP contribution in [0.3, 0.4) is 0 Å². The molecule has 2 N–H and O–H groups in total. The van der Waals surface area contributed by atoms with E-state index in [1.807, 2.05) is 0 Å². The van der Waals surface area contributed by atoms with E-state index in [-0.39, 0.29) is 11.4 Å². The maximum Gasteiger partial charge on any atom is 0.269 e. The minimum absolute atomic E-state index is 0.0445. The highest BCUT2D eigenvalue weighted by atomic mass is 32.1. The van der Waals surface area contributed by atoms with Crippen LogP contribution in [0.1, 0.15) is 23.5 Å². The summed E-state index contributed by atoms with van der Waals surface area (Å²) < 4.78 is 0. The van der Waals surface area contributed by atoms with Crippen LogP contribution >= 0.6 is 24.4 Å². The molecule has 2 atom stereocenters. The van der Waals surface area contributed by atoms with Gasteiger partial charge in [-0.05, 0) is 24.4 Å². The predicted octanol–water partition coefficient (Wildman–Crippen LogP) is 2.50. The zero-order chi connectivity index (χ0) is 20.0. The largest absolute Gasteiger partial charge is 0.336 e. The van der Waals surface area contributed by atoms with Gasteiger partial charge in [0.2, 0.25) is 0 Å². The lowest BCUT2D eigenvalue weighted by molar-refractivity contribution is -0.385. The first kappa shape index (κ1) is 18.0. The molecular formula is C16H12N6O4S2. The number of nitro groups is 2. The zero-order valence-corrected chi connectivity index (χ0v) is 15.6. The molecule has 28 heavy (non-hydrogen) atoms. The van der Waals surface area contributed by atoms with Gasteiger partial charge in [-0.3, -0.25) is 20.2 Å². The fraction of sp³-hybridized carbons (Fsp3) is 0.125. The molecule has 0 radical (unpaired) electrons. The monoisotopic (exact) mass is 416 g/mol. The van der Waals surface area contributed by atoms with Gasteiger partial charge in [-0.25, -0.2) is 10.0 Å². The first-order chi connectivity index (χ1) is 13.4. The second-order valence-electron chi connectivity index (χ2n) is 6.10. The van der Waals surface area contributed by atoms with Crippen LogP contribution in [-0.4, -0.2) is 30.1 Å². The number of hydrogen-bond donors (Lipinski definition) is 2. The van der Waals surface area contributed by atoms with Crippen LogP contribution in [0.4, 0.5) is 11.4 Å². The number of non-ortho nitro benzene ring substituents is 2. The molecule has 0 spiro atoms. The number of hydrogen-bond acceptors (Lipinski definition) is 6. The predicted molar refractivity (Wildman–Crippen MR) is 107 cm³/mol. The Hall–Kier alpha value is -3.38. The van der Waals surface area contributed by atoms with Gasteiger partial charge in [0, 0.05) is 35.4 Å². The van der Waals surface area contributed by atoms with Gasteiger partial charge in [-0.15, -0.1) is 0 Å². The quantitative estimate of drug-likeness (QED) is 0.437. The van der Waals surface area contributed by atoms with Crippen LogP contribution in [0, 0.1) is 20.2 Å². The summed E-state index contributed by atoms with van der Waals surface area (Å²) in [7, 11) is 0. The second kappa shape index (κ2) is 6.65. The number of nitro benzene ring substituents is 2. The van der Waals surface area contributed by atoms with Gasteiger partial charge in [0.25, 0.3) is 11.4 Å². The zero-order valence-electron chi connectivity index (χ0n) is 14.0. The number of nitrogens with zero attached hydrogens (tertiary/aromatic N) is 4. The molecule has 2 aliphatic rings. The van der Waals surface area contributed by atoms with Gasteiger partial charge in [-0.1, -0.05) is 24.3 Å². The van der Waals surface area contributed by atoms with Crippen LogP contribution in [0.25, 0.3) is 0 Å². The van der Waals surface area contributed by atoms with Crippen molar-refractivity contribution in [3.05, 3.63) is 79.9 Å². The van der Waals surface area contributed by atoms with Crippen molar-refractivity contribution in [2.45, 2.75) is 12.3 Å². The van der Waals surface area contributed by atoms with E-state index in [2.05, 4.69) is 10.6 Å². The second-order valence-corrected chi connectivity index (χ2v) is 6.87. The van der Waals surface area contributed by atoms with Crippen molar-refractivity contribution in [3.8, 4) is 0 Å². The maximum atomic E-state index is 11.1. The number of fused-ring (bicyclic) bond motifs is 1. The van der Waals surface area contributed by atoms with Crippen LogP contribution in [0.5, 0.6) is 0 Å². The average Bonchev–Trinajstić information content (AvgIpc) is 3.20. The highest BCUT2D eigenvalue weighted by molar-refractivity contribution is 7.80. The molecule has 4 rings (SSSR count). The van der Waals surface area contributed by atoms with E-state index in [1.54, 1.807) is 34.3 Å². The molecule has 2 aromatic carbocycles. The number of hydrazine groups is 1. The van der Waals surface area contributed by atoms with Gasteiger partial charge >= 0.3 is 0 Å². The molecule has 0 amide bonds. The Morgan fingerprint density at radius 2 is 1.18 bits per heavy atom. The number of thiocarbonyl (C=S) groups is 2. The third-order valence-electron chi connectivity index (χ3n) is 4.45. The SMILES string of the molecule is O=[N+]([O-])c1cccc([C@H]2NC(=S)N3[C@H](c4cccc([N+](=O)[O-])c4)NC(=S)N23)c1. The summed E-state index contributed by atoms with van der Waals surface area (Å²) in [4.78, 5) is 21.2. The van der Waals surface area contributed by atoms with Crippen molar-refractivity contribution >= 4 is 46.0 Å². The minimum Gasteiger partial charge on any atom is -0.336 e. The number of rotatable bonds is 4. The Bertz CT molecular complexity index is 950. The fourth-order valence-corrected chi connectivity index (χ4v) is 3.84. The van der Waals surface area contributed by atoms with Gasteiger partial charge in [0.15, 0.2) is 10.2 Å². The summed E-state index contributed by atoms with van der Waals surface area (Å²) in [6, 6.07) is 12.4. The normalized spacial score (nSPS) is 20.6. The van der Waals surface area contributed by atoms with Gasteiger partial charge < -0.3 is 10.6 Å². The van der Waals surface area contributed by atoms with Gasteiger partial charge in [0.05, 0.1) is 9.85 Å². The Labute approximate surface area is 169 Å². The van der Waals surface area contributed by atoms with Crippen molar-refractivity contribution in [3.63, 3.8) is 0 Å². The smallest absolute Gasteiger partial charge is 0.269 e. The van der Waals surface area contributed by atoms with Crippen molar-refractivity contribution in [2.75, 3.05) is 0 Å². The van der Waals surface area contributed by atoms with Crippen LogP contribution in [-0.2, 0) is 0 Å². The minimum atomic E-state index is -0.531. The van der Waals surface area contributed by atoms with Crippen LogP contribution in [0.2, 0.25) is 0 Å². The van der Waals surface area contributed by atoms with Crippen molar-refractivity contribution < 1.29 is 9.85 Å². The standard InChI is InChI=1S/C16H12N6O4S2/c23-21(24)11-5-1-3-9(7-11)13-17-15(27)20-14(18-16(28)19(13)20)10-4-2-6-12(8-10)22(25)26/h1-8,13-14H,(H,17,27)(H,18,28)/t13-,14+. The fourth-order valence-electron chi connectivity index (χ4n) is 3.23. The Kier molecular flexibility index (Phi) is 4.28. The van der Waals surface area contributed by atoms with Crippen molar-refractivity contribution in [1.29, 1.82) is 0 Å². The van der Waals surface area contributed by atoms with E-state index < -0.39 is 22.2 Å². The molecule has 0 unspecified atom stereocenters. The summed E-state index contributed by atoms with van der Waals surface area (Å²) >= 11 is 10.9. The molecule has 2 heterocycles. The molecule has 12 heteroatoms. The van der Waals surface area contributed by atoms with E-state index in [0.29, 0.717) is 21.4 Å². The molecule has 10 nitrogen and oxygen atoms in total. The van der Waals surface area contributed by atoms with E-state index in [0.717, 1.165) is 0 Å². The lowest BCUT2D eigenvalue weighted by Crippen LogP contribution is -2.36. The Balaban J connectivity index is 1.70. The molecule has 2 saturated heterocycles. The van der Waals surface area contributed by atoms with Crippen LogP contribution in [0.15, 0.2) is 48.5 Å². The van der Waals surface area contributed by atoms with Gasteiger partial charge in [-0.2, -0.15) is 0 Å². The molecule has 0 saturated carbocycles. The highest BCUT2D eigenvalue weighted by Gasteiger charge is 2.47. The van der Waals surface area contributed by atoms with E-state index in [1.165, 1.54) is 24.3 Å². The highest BCUT2D eigenvalue weighted by Crippen LogP contribution is 2.37. The lowest BCUT2D eigenvalue weighted by Gasteiger charge is -2.26. The summed E-state index contributed by atoms with van der Waals surface area (Å²) in [5.74, 6) is 0. The van der Waals surface area contributed by atoms with Crippen LogP contribution < -0.4 is 10.6 Å². The lowest BCUT2D eigenvalue weighted by atomic mass is 10.1. The Morgan fingerprint density at radius 1 is 0.786 bits per heavy atom. The first-order valence-electron chi connectivity index (χ1n) is 8.05. The third kappa shape index (κ3) is 2.88. The topological polar surface area (TPSA) is 117 Å². The van der Waals surface area contributed by atoms with E-state index in [9.17, 15) is 20.2 Å². The van der Waals surface area contributed by atoms with Crippen molar-refractivity contribution in [1.82, 2.24) is 20.7 Å². The summed E-state index contributed by atoms with van der Waals surface area (Å²) in [5.41, 5.74) is 1.14. The molecule has 2 aliphatic heterocycles. The number of nitrogens with one attached hydrogen (secondary N) is 2. The Morgan fingerprint density at radius 3 is 1.54 bits per heavy atom. The first-order valence-corrected chi connectivity index (χ1v) is 8.86. The molecule has 0 aromatic heterocycles. The van der Waals surface area contributed by atoms with E-state index in [4.69, 9.17) is 24.4 Å². The number of benzene rings is 2. The summed E-state index contributed by atoms with van der Waals surface area (Å²) in [6.45, 7) is 0. The summed E-state index contributed by atoms with van der Waals surface area (Å²) in [5, 5.41) is 32.4.